The van der Waals surface area contributed by atoms with Gasteiger partial charge in [0.05, 0.1) is 0 Å². The van der Waals surface area contributed by atoms with Crippen LogP contribution in [-0.4, -0.2) is 24.4 Å². The molecule has 32 heavy (non-hydrogen) atoms. The molecule has 0 fully saturated rings. The lowest BCUT2D eigenvalue weighted by atomic mass is 10.0. The molecule has 0 radical (unpaired) electrons. The Kier molecular flexibility index (Phi) is 6.93. The van der Waals surface area contributed by atoms with Crippen molar-refractivity contribution in [2.75, 3.05) is 6.54 Å². The van der Waals surface area contributed by atoms with Crippen molar-refractivity contribution in [1.82, 2.24) is 10.6 Å². The van der Waals surface area contributed by atoms with Gasteiger partial charge in [0.1, 0.15) is 6.04 Å². The first kappa shape index (κ1) is 21.3. The third-order valence-electron chi connectivity index (χ3n) is 5.47. The van der Waals surface area contributed by atoms with Gasteiger partial charge in [-0.15, -0.1) is 0 Å². The summed E-state index contributed by atoms with van der Waals surface area (Å²) in [7, 11) is 0. The Morgan fingerprint density at radius 3 is 2.03 bits per heavy atom. The van der Waals surface area contributed by atoms with Crippen LogP contribution in [0.1, 0.15) is 21.5 Å². The molecule has 0 aromatic heterocycles. The number of nitrogens with one attached hydrogen (secondary N) is 2. The summed E-state index contributed by atoms with van der Waals surface area (Å²) in [4.78, 5) is 26.0. The van der Waals surface area contributed by atoms with Gasteiger partial charge in [-0.3, -0.25) is 9.59 Å². The fourth-order valence-electron chi connectivity index (χ4n) is 3.73. The second-order valence-corrected chi connectivity index (χ2v) is 7.80. The van der Waals surface area contributed by atoms with Crippen LogP contribution in [0.25, 0.3) is 10.8 Å². The molecule has 2 amide bonds. The van der Waals surface area contributed by atoms with Gasteiger partial charge in [0.25, 0.3) is 5.91 Å². The van der Waals surface area contributed by atoms with Gasteiger partial charge >= 0.3 is 0 Å². The van der Waals surface area contributed by atoms with Crippen LogP contribution in [0.5, 0.6) is 0 Å². The zero-order chi connectivity index (χ0) is 22.2. The lowest BCUT2D eigenvalue weighted by Gasteiger charge is -2.19. The summed E-state index contributed by atoms with van der Waals surface area (Å²) >= 11 is 0. The minimum absolute atomic E-state index is 0.182. The number of hydrogen-bond donors (Lipinski definition) is 2. The number of fused-ring (bicyclic) bond motifs is 1. The van der Waals surface area contributed by atoms with E-state index in [1.54, 1.807) is 6.07 Å². The first-order valence-electron chi connectivity index (χ1n) is 10.8. The number of amides is 2. The van der Waals surface area contributed by atoms with Crippen molar-refractivity contribution < 1.29 is 9.59 Å². The molecule has 4 aromatic carbocycles. The zero-order valence-electron chi connectivity index (χ0n) is 17.8. The molecular weight excluding hydrogens is 396 g/mol. The fraction of sp³-hybridized carbons (Fsp3) is 0.143. The second-order valence-electron chi connectivity index (χ2n) is 7.80. The molecule has 0 aliphatic heterocycles. The predicted octanol–water partition coefficient (Wildman–Crippen LogP) is 4.54. The molecule has 160 valence electrons. The van der Waals surface area contributed by atoms with Crippen molar-refractivity contribution in [3.8, 4) is 0 Å². The molecule has 0 heterocycles. The highest BCUT2D eigenvalue weighted by Gasteiger charge is 2.22. The Morgan fingerprint density at radius 1 is 0.688 bits per heavy atom. The summed E-state index contributed by atoms with van der Waals surface area (Å²) in [6.45, 7) is 0.514. The number of carbonyl (C=O) groups is 2. The van der Waals surface area contributed by atoms with Gasteiger partial charge in [-0.05, 0) is 40.5 Å². The van der Waals surface area contributed by atoms with Gasteiger partial charge < -0.3 is 10.6 Å². The molecule has 0 saturated heterocycles. The number of hydrogen-bond acceptors (Lipinski definition) is 2. The summed E-state index contributed by atoms with van der Waals surface area (Å²) in [6, 6.07) is 32.6. The molecule has 1 atom stereocenters. The van der Waals surface area contributed by atoms with Crippen LogP contribution in [0.15, 0.2) is 103 Å². The highest BCUT2D eigenvalue weighted by molar-refractivity contribution is 6.00. The summed E-state index contributed by atoms with van der Waals surface area (Å²) < 4.78 is 0. The van der Waals surface area contributed by atoms with Crippen LogP contribution in [0.4, 0.5) is 0 Å². The first-order valence-corrected chi connectivity index (χ1v) is 10.8. The van der Waals surface area contributed by atoms with Crippen LogP contribution >= 0.6 is 0 Å². The van der Waals surface area contributed by atoms with Crippen molar-refractivity contribution in [1.29, 1.82) is 0 Å². The third kappa shape index (κ3) is 5.61. The molecular formula is C28H26N2O2. The van der Waals surface area contributed by atoms with Crippen LogP contribution in [0, 0.1) is 0 Å². The van der Waals surface area contributed by atoms with Gasteiger partial charge in [-0.25, -0.2) is 0 Å². The lowest BCUT2D eigenvalue weighted by molar-refractivity contribution is -0.122. The smallest absolute Gasteiger partial charge is 0.251 e. The minimum Gasteiger partial charge on any atom is -0.354 e. The van der Waals surface area contributed by atoms with Crippen LogP contribution in [0.2, 0.25) is 0 Å². The van der Waals surface area contributed by atoms with E-state index in [0.29, 0.717) is 18.5 Å². The fourth-order valence-corrected chi connectivity index (χ4v) is 3.73. The summed E-state index contributed by atoms with van der Waals surface area (Å²) in [5, 5.41) is 7.99. The van der Waals surface area contributed by atoms with E-state index in [1.807, 2.05) is 97.1 Å². The predicted molar refractivity (Wildman–Crippen MR) is 129 cm³/mol. The maximum atomic E-state index is 13.0. The molecule has 0 aliphatic carbocycles. The Balaban J connectivity index is 1.46. The molecule has 4 nitrogen and oxygen atoms in total. The van der Waals surface area contributed by atoms with Gasteiger partial charge in [0, 0.05) is 18.5 Å². The van der Waals surface area contributed by atoms with E-state index >= 15 is 0 Å². The number of benzene rings is 4. The SMILES string of the molecule is O=C(NC(Cc1ccccc1)C(=O)NCCc1ccccc1)c1ccc2ccccc2c1. The Morgan fingerprint density at radius 2 is 1.31 bits per heavy atom. The van der Waals surface area contributed by atoms with Gasteiger partial charge in [0.2, 0.25) is 5.91 Å². The largest absolute Gasteiger partial charge is 0.354 e. The molecule has 4 aromatic rings. The second kappa shape index (κ2) is 10.4. The molecule has 0 spiro atoms. The number of carbonyl (C=O) groups excluding carboxylic acids is 2. The molecule has 4 rings (SSSR count). The van der Waals surface area contributed by atoms with Crippen molar-refractivity contribution in [2.45, 2.75) is 18.9 Å². The standard InChI is InChI=1S/C28H26N2O2/c31-27(25-16-15-23-13-7-8-14-24(23)20-25)30-26(19-22-11-5-2-6-12-22)28(32)29-18-17-21-9-3-1-4-10-21/h1-16,20,26H,17-19H2,(H,29,32)(H,30,31). The number of rotatable bonds is 8. The highest BCUT2D eigenvalue weighted by atomic mass is 16.2. The zero-order valence-corrected chi connectivity index (χ0v) is 17.8. The van der Waals surface area contributed by atoms with Crippen LogP contribution < -0.4 is 10.6 Å². The Bertz CT molecular complexity index is 1190. The summed E-state index contributed by atoms with van der Waals surface area (Å²) in [5.74, 6) is -0.436. The normalized spacial score (nSPS) is 11.6. The highest BCUT2D eigenvalue weighted by Crippen LogP contribution is 2.16. The summed E-state index contributed by atoms with van der Waals surface area (Å²) in [5.41, 5.74) is 2.70. The van der Waals surface area contributed by atoms with E-state index in [4.69, 9.17) is 0 Å². The van der Waals surface area contributed by atoms with Crippen molar-refractivity contribution >= 4 is 22.6 Å². The average molecular weight is 423 g/mol. The van der Waals surface area contributed by atoms with Crippen LogP contribution in [0.3, 0.4) is 0 Å². The van der Waals surface area contributed by atoms with E-state index in [-0.39, 0.29) is 11.8 Å². The maximum absolute atomic E-state index is 13.0. The first-order chi connectivity index (χ1) is 15.7. The van der Waals surface area contributed by atoms with Crippen molar-refractivity contribution in [3.05, 3.63) is 120 Å². The van der Waals surface area contributed by atoms with E-state index in [0.717, 1.165) is 28.3 Å². The van der Waals surface area contributed by atoms with Crippen molar-refractivity contribution in [3.63, 3.8) is 0 Å². The Labute approximate surface area is 188 Å². The van der Waals surface area contributed by atoms with Crippen molar-refractivity contribution in [2.24, 2.45) is 0 Å². The quantitative estimate of drug-likeness (QED) is 0.438. The molecule has 1 unspecified atom stereocenters. The van der Waals surface area contributed by atoms with Gasteiger partial charge in [0.15, 0.2) is 0 Å². The maximum Gasteiger partial charge on any atom is 0.251 e. The average Bonchev–Trinajstić information content (AvgIpc) is 2.84. The summed E-state index contributed by atoms with van der Waals surface area (Å²) in [6.07, 6.45) is 1.17. The minimum atomic E-state index is -0.660. The molecule has 0 aliphatic rings. The third-order valence-corrected chi connectivity index (χ3v) is 5.47. The van der Waals surface area contributed by atoms with Gasteiger partial charge in [-0.1, -0.05) is 91.0 Å². The van der Waals surface area contributed by atoms with Crippen LogP contribution in [-0.2, 0) is 17.6 Å². The molecule has 2 N–H and O–H groups in total. The van der Waals surface area contributed by atoms with E-state index in [2.05, 4.69) is 10.6 Å². The van der Waals surface area contributed by atoms with E-state index in [9.17, 15) is 9.59 Å². The monoisotopic (exact) mass is 422 g/mol. The van der Waals surface area contributed by atoms with Gasteiger partial charge in [-0.2, -0.15) is 0 Å². The lowest BCUT2D eigenvalue weighted by Crippen LogP contribution is -2.48. The van der Waals surface area contributed by atoms with E-state index in [1.165, 1.54) is 0 Å². The topological polar surface area (TPSA) is 58.2 Å². The van der Waals surface area contributed by atoms with E-state index < -0.39 is 6.04 Å². The Hall–Kier alpha value is -3.92. The molecule has 4 heteroatoms. The molecule has 0 saturated carbocycles. The molecule has 0 bridgehead atoms.